The summed E-state index contributed by atoms with van der Waals surface area (Å²) in [4.78, 5) is 13.8. The van der Waals surface area contributed by atoms with Crippen LogP contribution in [0.25, 0.3) is 5.69 Å². The highest BCUT2D eigenvalue weighted by Gasteiger charge is 2.38. The number of benzene rings is 2. The molecule has 1 saturated heterocycles. The van der Waals surface area contributed by atoms with Gasteiger partial charge in [0.15, 0.2) is 0 Å². The number of carboxylic acids is 1. The number of aromatic nitrogens is 2. The van der Waals surface area contributed by atoms with Gasteiger partial charge in [-0.3, -0.25) is 4.90 Å². The maximum absolute atomic E-state index is 10.6. The van der Waals surface area contributed by atoms with Gasteiger partial charge < -0.3 is 10.0 Å². The summed E-state index contributed by atoms with van der Waals surface area (Å²) in [5, 5.41) is 12.6. The monoisotopic (exact) mass is 480 g/mol. The molecule has 0 atom stereocenters. The Morgan fingerprint density at radius 2 is 1.61 bits per heavy atom. The van der Waals surface area contributed by atoms with Crippen LogP contribution in [0, 0.1) is 6.92 Å². The van der Waals surface area contributed by atoms with Crippen molar-refractivity contribution >= 4 is 23.3 Å². The molecule has 0 unspecified atom stereocenters. The molecular formula is C23H24ClF3N4O2. The third-order valence-electron chi connectivity index (χ3n) is 5.08. The van der Waals surface area contributed by atoms with Crippen molar-refractivity contribution in [1.82, 2.24) is 14.7 Å². The zero-order valence-corrected chi connectivity index (χ0v) is 18.7. The van der Waals surface area contributed by atoms with E-state index in [4.69, 9.17) is 21.5 Å². The third kappa shape index (κ3) is 6.97. The lowest BCUT2D eigenvalue weighted by molar-refractivity contribution is -0.192. The molecule has 10 heteroatoms. The van der Waals surface area contributed by atoms with Crippen molar-refractivity contribution in [2.45, 2.75) is 19.6 Å². The van der Waals surface area contributed by atoms with Crippen molar-refractivity contribution in [2.75, 3.05) is 31.1 Å². The number of halogens is 4. The molecular weight excluding hydrogens is 457 g/mol. The summed E-state index contributed by atoms with van der Waals surface area (Å²) in [6.07, 6.45) is -5.08. The second kappa shape index (κ2) is 10.7. The zero-order chi connectivity index (χ0) is 24.0. The molecule has 0 saturated carbocycles. The number of aryl methyl sites for hydroxylation is 1. The Bertz CT molecular complexity index is 1070. The second-order valence-corrected chi connectivity index (χ2v) is 8.01. The van der Waals surface area contributed by atoms with Crippen LogP contribution in [0.3, 0.4) is 0 Å². The van der Waals surface area contributed by atoms with Gasteiger partial charge in [0.2, 0.25) is 0 Å². The average Bonchev–Trinajstić information content (AvgIpc) is 3.14. The number of anilines is 1. The van der Waals surface area contributed by atoms with Crippen molar-refractivity contribution in [3.05, 3.63) is 77.1 Å². The fraction of sp³-hybridized carbons (Fsp3) is 0.304. The van der Waals surface area contributed by atoms with Gasteiger partial charge in [-0.2, -0.15) is 18.3 Å². The second-order valence-electron chi connectivity index (χ2n) is 7.57. The van der Waals surface area contributed by atoms with E-state index in [-0.39, 0.29) is 0 Å². The summed E-state index contributed by atoms with van der Waals surface area (Å²) in [5.74, 6) is -2.76. The summed E-state index contributed by atoms with van der Waals surface area (Å²) in [6.45, 7) is 7.06. The molecule has 0 spiro atoms. The molecule has 2 aromatic carbocycles. The molecule has 0 bridgehead atoms. The van der Waals surface area contributed by atoms with Gasteiger partial charge in [-0.25, -0.2) is 9.48 Å². The Kier molecular flexibility index (Phi) is 7.99. The first kappa shape index (κ1) is 24.6. The minimum absolute atomic E-state index is 0.798. The maximum Gasteiger partial charge on any atom is 0.490 e. The average molecular weight is 481 g/mol. The topological polar surface area (TPSA) is 61.6 Å². The SMILES string of the molecule is Cc1cc(CN2CCN(c3cccc(Cl)c3)CC2)n(-c2ccccc2)n1.O=C(O)C(F)(F)F. The lowest BCUT2D eigenvalue weighted by atomic mass is 10.2. The van der Waals surface area contributed by atoms with E-state index in [0.717, 1.165) is 49.1 Å². The molecule has 6 nitrogen and oxygen atoms in total. The van der Waals surface area contributed by atoms with Crippen LogP contribution in [0.5, 0.6) is 0 Å². The third-order valence-corrected chi connectivity index (χ3v) is 5.31. The Morgan fingerprint density at radius 1 is 1.00 bits per heavy atom. The number of nitrogens with zero attached hydrogens (tertiary/aromatic N) is 4. The van der Waals surface area contributed by atoms with Crippen molar-refractivity contribution in [2.24, 2.45) is 0 Å². The van der Waals surface area contributed by atoms with Crippen LogP contribution in [0.2, 0.25) is 5.02 Å². The Hall–Kier alpha value is -3.04. The fourth-order valence-electron chi connectivity index (χ4n) is 3.52. The first-order valence-corrected chi connectivity index (χ1v) is 10.7. The molecule has 1 aliphatic rings. The first-order chi connectivity index (χ1) is 15.6. The predicted molar refractivity (Wildman–Crippen MR) is 121 cm³/mol. The van der Waals surface area contributed by atoms with Gasteiger partial charge >= 0.3 is 12.1 Å². The number of piperazine rings is 1. The largest absolute Gasteiger partial charge is 0.490 e. The molecule has 0 aliphatic carbocycles. The molecule has 33 heavy (non-hydrogen) atoms. The minimum atomic E-state index is -5.08. The van der Waals surface area contributed by atoms with Crippen molar-refractivity contribution in [1.29, 1.82) is 0 Å². The molecule has 0 radical (unpaired) electrons. The summed E-state index contributed by atoms with van der Waals surface area (Å²) in [7, 11) is 0. The normalized spacial score (nSPS) is 14.5. The number of alkyl halides is 3. The standard InChI is InChI=1S/C21H23ClN4.C2HF3O2/c1-17-14-21(26(23-17)19-7-3-2-4-8-19)16-24-10-12-25(13-11-24)20-9-5-6-18(22)15-20;3-2(4,5)1(6)7/h2-9,14-15H,10-13,16H2,1H3;(H,6,7). The first-order valence-electron chi connectivity index (χ1n) is 10.3. The van der Waals surface area contributed by atoms with Crippen LogP contribution in [-0.2, 0) is 11.3 Å². The van der Waals surface area contributed by atoms with Gasteiger partial charge in [0.1, 0.15) is 0 Å². The summed E-state index contributed by atoms with van der Waals surface area (Å²) >= 11 is 6.13. The number of rotatable bonds is 4. The highest BCUT2D eigenvalue weighted by Crippen LogP contribution is 2.22. The van der Waals surface area contributed by atoms with Crippen LogP contribution in [0.4, 0.5) is 18.9 Å². The number of carboxylic acid groups (broad SMARTS) is 1. The van der Waals surface area contributed by atoms with Crippen LogP contribution < -0.4 is 4.90 Å². The van der Waals surface area contributed by atoms with Gasteiger partial charge in [0.25, 0.3) is 0 Å². The molecule has 2 heterocycles. The quantitative estimate of drug-likeness (QED) is 0.582. The number of para-hydroxylation sites is 1. The molecule has 0 amide bonds. The highest BCUT2D eigenvalue weighted by molar-refractivity contribution is 6.30. The van der Waals surface area contributed by atoms with Gasteiger partial charge in [-0.15, -0.1) is 0 Å². The van der Waals surface area contributed by atoms with Crippen molar-refractivity contribution in [3.8, 4) is 5.69 Å². The number of aliphatic carboxylic acids is 1. The van der Waals surface area contributed by atoms with Crippen molar-refractivity contribution in [3.63, 3.8) is 0 Å². The molecule has 1 aromatic heterocycles. The van der Waals surface area contributed by atoms with E-state index in [2.05, 4.69) is 62.9 Å². The number of hydrogen-bond donors (Lipinski definition) is 1. The van der Waals surface area contributed by atoms with E-state index < -0.39 is 12.1 Å². The summed E-state index contributed by atoms with van der Waals surface area (Å²) < 4.78 is 33.8. The Morgan fingerprint density at radius 3 is 2.18 bits per heavy atom. The van der Waals surface area contributed by atoms with Crippen LogP contribution in [0.1, 0.15) is 11.4 Å². The van der Waals surface area contributed by atoms with Crippen LogP contribution in [-0.4, -0.2) is 58.1 Å². The van der Waals surface area contributed by atoms with E-state index in [1.807, 2.05) is 24.3 Å². The van der Waals surface area contributed by atoms with E-state index in [0.29, 0.717) is 0 Å². The van der Waals surface area contributed by atoms with Gasteiger partial charge in [0, 0.05) is 43.4 Å². The molecule has 1 N–H and O–H groups in total. The number of carbonyl (C=O) groups is 1. The molecule has 176 valence electrons. The van der Waals surface area contributed by atoms with Crippen LogP contribution >= 0.6 is 11.6 Å². The van der Waals surface area contributed by atoms with Crippen molar-refractivity contribution < 1.29 is 23.1 Å². The maximum atomic E-state index is 10.6. The molecule has 1 aliphatic heterocycles. The zero-order valence-electron chi connectivity index (χ0n) is 18.0. The molecule has 4 rings (SSSR count). The molecule has 1 fully saturated rings. The minimum Gasteiger partial charge on any atom is -0.475 e. The summed E-state index contributed by atoms with van der Waals surface area (Å²) in [5.41, 5.74) is 4.63. The van der Waals surface area contributed by atoms with E-state index >= 15 is 0 Å². The Labute approximate surface area is 194 Å². The van der Waals surface area contributed by atoms with Gasteiger partial charge in [-0.1, -0.05) is 35.9 Å². The summed E-state index contributed by atoms with van der Waals surface area (Å²) in [6, 6.07) is 20.7. The van der Waals surface area contributed by atoms with E-state index in [1.165, 1.54) is 11.4 Å². The van der Waals surface area contributed by atoms with Crippen LogP contribution in [0.15, 0.2) is 60.7 Å². The van der Waals surface area contributed by atoms with Gasteiger partial charge in [-0.05, 0) is 43.3 Å². The number of hydrogen-bond acceptors (Lipinski definition) is 4. The smallest absolute Gasteiger partial charge is 0.475 e. The predicted octanol–water partition coefficient (Wildman–Crippen LogP) is 4.79. The lowest BCUT2D eigenvalue weighted by Crippen LogP contribution is -2.46. The lowest BCUT2D eigenvalue weighted by Gasteiger charge is -2.36. The van der Waals surface area contributed by atoms with Gasteiger partial charge in [0.05, 0.1) is 17.1 Å². The van der Waals surface area contributed by atoms with E-state index in [1.54, 1.807) is 0 Å². The fourth-order valence-corrected chi connectivity index (χ4v) is 3.71. The van der Waals surface area contributed by atoms with E-state index in [9.17, 15) is 13.2 Å². The highest BCUT2D eigenvalue weighted by atomic mass is 35.5. The Balaban J connectivity index is 0.000000383. The molecule has 3 aromatic rings.